The first-order chi connectivity index (χ1) is 9.89. The highest BCUT2D eigenvalue weighted by atomic mass is 79.9. The van der Waals surface area contributed by atoms with Crippen LogP contribution in [-0.2, 0) is 16.6 Å². The van der Waals surface area contributed by atoms with Gasteiger partial charge in [0.2, 0.25) is 10.0 Å². The highest BCUT2D eigenvalue weighted by Gasteiger charge is 2.31. The summed E-state index contributed by atoms with van der Waals surface area (Å²) in [5, 5.41) is 0.359. The average Bonchev–Trinajstić information content (AvgIpc) is 2.87. The molecule has 1 fully saturated rings. The highest BCUT2D eigenvalue weighted by molar-refractivity contribution is 9.10. The summed E-state index contributed by atoms with van der Waals surface area (Å²) in [6.45, 7) is 2.20. The van der Waals surface area contributed by atoms with E-state index in [1.165, 1.54) is 0 Å². The normalized spacial score (nSPS) is 22.7. The molecule has 1 aliphatic carbocycles. The molecule has 1 saturated carbocycles. The fourth-order valence-electron chi connectivity index (χ4n) is 2.73. The molecule has 118 valence electrons. The molecule has 0 radical (unpaired) electrons. The Balaban J connectivity index is 2.33. The molecular formula is C14H21BrN2O2S2. The number of nitrogens with two attached hydrogens (primary N) is 1. The molecule has 2 rings (SSSR count). The van der Waals surface area contributed by atoms with Crippen LogP contribution in [0.2, 0.25) is 0 Å². The van der Waals surface area contributed by atoms with Gasteiger partial charge in [0.1, 0.15) is 0 Å². The van der Waals surface area contributed by atoms with Crippen LogP contribution in [0.3, 0.4) is 0 Å². The van der Waals surface area contributed by atoms with Gasteiger partial charge in [-0.25, -0.2) is 13.1 Å². The summed E-state index contributed by atoms with van der Waals surface area (Å²) in [4.78, 5) is 0.287. The van der Waals surface area contributed by atoms with Crippen molar-refractivity contribution >= 4 is 37.7 Å². The minimum absolute atomic E-state index is 0.0127. The Kier molecular flexibility index (Phi) is 5.76. The number of halogens is 1. The monoisotopic (exact) mass is 392 g/mol. The number of sulfonamides is 1. The van der Waals surface area contributed by atoms with Crippen molar-refractivity contribution in [2.45, 2.75) is 48.9 Å². The molecule has 1 aromatic rings. The molecule has 0 aliphatic heterocycles. The van der Waals surface area contributed by atoms with Gasteiger partial charge in [-0.15, -0.1) is 0 Å². The number of benzene rings is 1. The largest absolute Gasteiger partial charge is 0.326 e. The van der Waals surface area contributed by atoms with Crippen molar-refractivity contribution < 1.29 is 8.42 Å². The van der Waals surface area contributed by atoms with Gasteiger partial charge >= 0.3 is 0 Å². The van der Waals surface area contributed by atoms with E-state index < -0.39 is 10.0 Å². The maximum atomic E-state index is 12.7. The molecular weight excluding hydrogens is 372 g/mol. The molecule has 2 atom stereocenters. The third kappa shape index (κ3) is 3.82. The SMILES string of the molecule is CSC1CCCC1NS(=O)(=O)c1cc(CN)cc(C)c1Br. The second kappa shape index (κ2) is 7.00. The smallest absolute Gasteiger partial charge is 0.241 e. The number of rotatable bonds is 5. The third-order valence-electron chi connectivity index (χ3n) is 3.87. The van der Waals surface area contributed by atoms with E-state index in [9.17, 15) is 8.42 Å². The maximum absolute atomic E-state index is 12.7. The van der Waals surface area contributed by atoms with E-state index in [4.69, 9.17) is 5.73 Å². The van der Waals surface area contributed by atoms with Crippen LogP contribution >= 0.6 is 27.7 Å². The van der Waals surface area contributed by atoms with Gasteiger partial charge in [-0.05, 0) is 59.1 Å². The van der Waals surface area contributed by atoms with Crippen molar-refractivity contribution in [2.75, 3.05) is 6.26 Å². The van der Waals surface area contributed by atoms with Gasteiger partial charge in [-0.2, -0.15) is 11.8 Å². The van der Waals surface area contributed by atoms with Crippen LogP contribution in [0.25, 0.3) is 0 Å². The molecule has 4 nitrogen and oxygen atoms in total. The van der Waals surface area contributed by atoms with Gasteiger partial charge in [0, 0.05) is 22.3 Å². The first-order valence-corrected chi connectivity index (χ1v) is 10.5. The predicted octanol–water partition coefficient (Wildman–Crippen LogP) is 2.78. The van der Waals surface area contributed by atoms with Gasteiger partial charge in [0.05, 0.1) is 4.90 Å². The van der Waals surface area contributed by atoms with Crippen molar-refractivity contribution in [2.24, 2.45) is 5.73 Å². The number of hydrogen-bond acceptors (Lipinski definition) is 4. The minimum atomic E-state index is -3.54. The lowest BCUT2D eigenvalue weighted by Gasteiger charge is -2.20. The number of nitrogens with one attached hydrogen (secondary N) is 1. The number of hydrogen-bond donors (Lipinski definition) is 2. The summed E-state index contributed by atoms with van der Waals surface area (Å²) in [5.74, 6) is 0. The Morgan fingerprint density at radius 1 is 1.43 bits per heavy atom. The Labute approximate surface area is 139 Å². The maximum Gasteiger partial charge on any atom is 0.241 e. The lowest BCUT2D eigenvalue weighted by atomic mass is 10.1. The predicted molar refractivity (Wildman–Crippen MR) is 92.0 cm³/mol. The summed E-state index contributed by atoms with van der Waals surface area (Å²) in [6, 6.07) is 3.57. The van der Waals surface area contributed by atoms with Gasteiger partial charge < -0.3 is 5.73 Å². The van der Waals surface area contributed by atoms with Crippen molar-refractivity contribution in [3.05, 3.63) is 27.7 Å². The minimum Gasteiger partial charge on any atom is -0.326 e. The van der Waals surface area contributed by atoms with Crippen LogP contribution < -0.4 is 10.5 Å². The van der Waals surface area contributed by atoms with Crippen molar-refractivity contribution in [3.63, 3.8) is 0 Å². The lowest BCUT2D eigenvalue weighted by molar-refractivity contribution is 0.554. The number of thioether (sulfide) groups is 1. The van der Waals surface area contributed by atoms with Crippen LogP contribution in [0.15, 0.2) is 21.5 Å². The molecule has 0 spiro atoms. The zero-order valence-electron chi connectivity index (χ0n) is 12.2. The fourth-order valence-corrected chi connectivity index (χ4v) is 6.13. The van der Waals surface area contributed by atoms with Crippen LogP contribution in [0.5, 0.6) is 0 Å². The Bertz CT molecular complexity index is 620. The van der Waals surface area contributed by atoms with E-state index in [2.05, 4.69) is 20.7 Å². The lowest BCUT2D eigenvalue weighted by Crippen LogP contribution is -2.38. The quantitative estimate of drug-likeness (QED) is 0.807. The summed E-state index contributed by atoms with van der Waals surface area (Å²) < 4.78 is 28.9. The van der Waals surface area contributed by atoms with E-state index in [-0.39, 0.29) is 10.9 Å². The van der Waals surface area contributed by atoms with Crippen LogP contribution in [-0.4, -0.2) is 26.0 Å². The second-order valence-electron chi connectivity index (χ2n) is 5.36. The molecule has 1 aliphatic rings. The average molecular weight is 393 g/mol. The van der Waals surface area contributed by atoms with E-state index in [1.54, 1.807) is 17.8 Å². The van der Waals surface area contributed by atoms with E-state index >= 15 is 0 Å². The molecule has 3 N–H and O–H groups in total. The zero-order valence-corrected chi connectivity index (χ0v) is 15.4. The summed E-state index contributed by atoms with van der Waals surface area (Å²) in [7, 11) is -3.54. The van der Waals surface area contributed by atoms with Gasteiger partial charge in [0.25, 0.3) is 0 Å². The highest BCUT2D eigenvalue weighted by Crippen LogP contribution is 2.32. The Hall–Kier alpha value is -0.0800. The summed E-state index contributed by atoms with van der Waals surface area (Å²) in [5.41, 5.74) is 7.36. The molecule has 0 bridgehead atoms. The van der Waals surface area contributed by atoms with Crippen molar-refractivity contribution in [1.29, 1.82) is 0 Å². The molecule has 0 saturated heterocycles. The number of aryl methyl sites for hydroxylation is 1. The van der Waals surface area contributed by atoms with Gasteiger partial charge in [-0.1, -0.05) is 12.5 Å². The standard InChI is InChI=1S/C14H21BrN2O2S2/c1-9-6-10(8-16)7-13(14(9)15)21(18,19)17-11-4-3-5-12(11)20-2/h6-7,11-12,17H,3-5,8,16H2,1-2H3. The molecule has 21 heavy (non-hydrogen) atoms. The van der Waals surface area contributed by atoms with E-state index in [1.807, 2.05) is 19.2 Å². The van der Waals surface area contributed by atoms with Crippen LogP contribution in [0.1, 0.15) is 30.4 Å². The van der Waals surface area contributed by atoms with Crippen LogP contribution in [0.4, 0.5) is 0 Å². The van der Waals surface area contributed by atoms with Gasteiger partial charge in [0.15, 0.2) is 0 Å². The Morgan fingerprint density at radius 3 is 2.76 bits per heavy atom. The Morgan fingerprint density at radius 2 is 2.14 bits per heavy atom. The molecule has 0 amide bonds. The first kappa shape index (κ1) is 17.3. The second-order valence-corrected chi connectivity index (χ2v) is 8.91. The summed E-state index contributed by atoms with van der Waals surface area (Å²) >= 11 is 5.13. The topological polar surface area (TPSA) is 72.2 Å². The van der Waals surface area contributed by atoms with E-state index in [0.717, 1.165) is 30.4 Å². The van der Waals surface area contributed by atoms with Crippen LogP contribution in [0, 0.1) is 6.92 Å². The summed E-state index contributed by atoms with van der Waals surface area (Å²) in [6.07, 6.45) is 5.07. The molecule has 1 aromatic carbocycles. The molecule has 0 aromatic heterocycles. The molecule has 2 unspecified atom stereocenters. The molecule has 7 heteroatoms. The van der Waals surface area contributed by atoms with Gasteiger partial charge in [-0.3, -0.25) is 0 Å². The molecule has 0 heterocycles. The third-order valence-corrected chi connectivity index (χ3v) is 7.87. The fraction of sp³-hybridized carbons (Fsp3) is 0.571. The van der Waals surface area contributed by atoms with Crippen molar-refractivity contribution in [3.8, 4) is 0 Å². The van der Waals surface area contributed by atoms with E-state index in [0.29, 0.717) is 16.3 Å². The zero-order chi connectivity index (χ0) is 15.6. The van der Waals surface area contributed by atoms with Crippen molar-refractivity contribution in [1.82, 2.24) is 4.72 Å². The first-order valence-electron chi connectivity index (χ1n) is 6.93.